The number of benzene rings is 2. The maximum atomic E-state index is 12.6. The summed E-state index contributed by atoms with van der Waals surface area (Å²) in [5.74, 6) is 0.124. The van der Waals surface area contributed by atoms with Crippen LogP contribution in [0, 0.1) is 0 Å². The minimum Gasteiger partial charge on any atom is -0.351 e. The predicted molar refractivity (Wildman–Crippen MR) is 144 cm³/mol. The van der Waals surface area contributed by atoms with Gasteiger partial charge in [-0.05, 0) is 69.1 Å². The normalized spacial score (nSPS) is 17.3. The number of para-hydroxylation sites is 2. The van der Waals surface area contributed by atoms with Gasteiger partial charge in [-0.15, -0.1) is 0 Å². The molecule has 0 aliphatic carbocycles. The highest BCUT2D eigenvalue weighted by molar-refractivity contribution is 5.95. The van der Waals surface area contributed by atoms with Gasteiger partial charge in [0.25, 0.3) is 0 Å². The topological polar surface area (TPSA) is 77.6 Å². The van der Waals surface area contributed by atoms with Crippen molar-refractivity contribution in [2.24, 2.45) is 0 Å². The molecule has 0 saturated carbocycles. The maximum Gasteiger partial charge on any atom is 0.234 e. The van der Waals surface area contributed by atoms with Crippen molar-refractivity contribution in [1.29, 1.82) is 0 Å². The fourth-order valence-electron chi connectivity index (χ4n) is 5.43. The second kappa shape index (κ2) is 11.8. The van der Waals surface area contributed by atoms with Crippen LogP contribution in [-0.2, 0) is 22.7 Å². The zero-order chi connectivity index (χ0) is 24.7. The van der Waals surface area contributed by atoms with E-state index in [1.54, 1.807) is 0 Å². The van der Waals surface area contributed by atoms with Crippen molar-refractivity contribution >= 4 is 33.6 Å². The molecule has 7 heteroatoms. The third-order valence-electron chi connectivity index (χ3n) is 7.42. The molecule has 0 atom stereocenters. The molecular weight excluding hydrogens is 450 g/mol. The van der Waals surface area contributed by atoms with E-state index in [0.29, 0.717) is 26.2 Å². The van der Waals surface area contributed by atoms with Crippen molar-refractivity contribution < 1.29 is 9.59 Å². The smallest absolute Gasteiger partial charge is 0.234 e. The molecule has 0 spiro atoms. The summed E-state index contributed by atoms with van der Waals surface area (Å²) in [5.41, 5.74) is 3.81. The molecule has 0 radical (unpaired) electrons. The molecule has 190 valence electrons. The van der Waals surface area contributed by atoms with E-state index in [2.05, 4.69) is 38.6 Å². The lowest BCUT2D eigenvalue weighted by molar-refractivity contribution is -0.123. The van der Waals surface area contributed by atoms with Gasteiger partial charge in [0.15, 0.2) is 0 Å². The van der Waals surface area contributed by atoms with Crippen LogP contribution in [0.2, 0.25) is 0 Å². The lowest BCUT2D eigenvalue weighted by atomic mass is 10.0. The van der Waals surface area contributed by atoms with Crippen molar-refractivity contribution in [3.8, 4) is 0 Å². The van der Waals surface area contributed by atoms with Gasteiger partial charge >= 0.3 is 0 Å². The fourth-order valence-corrected chi connectivity index (χ4v) is 5.43. The highest BCUT2D eigenvalue weighted by atomic mass is 16.2. The van der Waals surface area contributed by atoms with Crippen LogP contribution in [0.5, 0.6) is 0 Å². The summed E-state index contributed by atoms with van der Waals surface area (Å²) in [6, 6.07) is 14.4. The highest BCUT2D eigenvalue weighted by Crippen LogP contribution is 2.25. The van der Waals surface area contributed by atoms with Crippen molar-refractivity contribution in [2.45, 2.75) is 51.6 Å². The Labute approximate surface area is 213 Å². The van der Waals surface area contributed by atoms with Crippen LogP contribution in [-0.4, -0.2) is 65.9 Å². The van der Waals surface area contributed by atoms with Gasteiger partial charge < -0.3 is 10.6 Å². The molecule has 5 rings (SSSR count). The van der Waals surface area contributed by atoms with Gasteiger partial charge in [0.1, 0.15) is 0 Å². The number of likely N-dealkylation sites (tertiary alicyclic amines) is 2. The van der Waals surface area contributed by atoms with Crippen molar-refractivity contribution in [3.63, 3.8) is 0 Å². The molecule has 2 aliphatic heterocycles. The summed E-state index contributed by atoms with van der Waals surface area (Å²) in [6.45, 7) is 5.86. The number of nitrogens with zero attached hydrogens (tertiary/aromatic N) is 3. The van der Waals surface area contributed by atoms with E-state index in [4.69, 9.17) is 4.98 Å². The van der Waals surface area contributed by atoms with Crippen LogP contribution in [0.3, 0.4) is 0 Å². The second-order valence-corrected chi connectivity index (χ2v) is 10.2. The Morgan fingerprint density at radius 2 is 1.11 bits per heavy atom. The zero-order valence-corrected chi connectivity index (χ0v) is 21.1. The largest absolute Gasteiger partial charge is 0.351 e. The van der Waals surface area contributed by atoms with E-state index in [1.807, 2.05) is 24.3 Å². The van der Waals surface area contributed by atoms with E-state index in [0.717, 1.165) is 59.1 Å². The lowest BCUT2D eigenvalue weighted by Crippen LogP contribution is -2.39. The molecule has 2 aromatic carbocycles. The molecule has 0 unspecified atom stereocenters. The standard InChI is InChI=1S/C29H37N5O2/c35-26(20-33-13-3-1-4-14-33)30-18-24-11-7-9-22-17-23-10-8-12-25(29(23)32-28(22)24)19-31-27(36)21-34-15-5-2-6-16-34/h7-12,17H,1-6,13-16,18-21H2,(H,30,35)(H,31,36). The van der Waals surface area contributed by atoms with Crippen LogP contribution in [0.1, 0.15) is 49.7 Å². The summed E-state index contributed by atoms with van der Waals surface area (Å²) >= 11 is 0. The Balaban J connectivity index is 1.28. The SMILES string of the molecule is O=C(CN1CCCCC1)NCc1cccc2cc3cccc(CNC(=O)CN4CCCCC4)c3nc12. The number of rotatable bonds is 8. The molecular formula is C29H37N5O2. The lowest BCUT2D eigenvalue weighted by Gasteiger charge is -2.25. The predicted octanol–water partition coefficient (Wildman–Crippen LogP) is 3.59. The summed E-state index contributed by atoms with van der Waals surface area (Å²) in [6.07, 6.45) is 7.22. The Kier molecular flexibility index (Phi) is 8.08. The van der Waals surface area contributed by atoms with Gasteiger partial charge in [-0.25, -0.2) is 4.98 Å². The molecule has 36 heavy (non-hydrogen) atoms. The number of carbonyl (C=O) groups is 2. The molecule has 7 nitrogen and oxygen atoms in total. The minimum atomic E-state index is 0.0619. The second-order valence-electron chi connectivity index (χ2n) is 10.2. The third kappa shape index (κ3) is 6.20. The molecule has 2 amide bonds. The van der Waals surface area contributed by atoms with Gasteiger partial charge in [0, 0.05) is 23.9 Å². The summed E-state index contributed by atoms with van der Waals surface area (Å²) in [5, 5.41) is 8.30. The Morgan fingerprint density at radius 1 is 0.667 bits per heavy atom. The maximum absolute atomic E-state index is 12.6. The molecule has 2 fully saturated rings. The van der Waals surface area contributed by atoms with Gasteiger partial charge in [-0.3, -0.25) is 19.4 Å². The average Bonchev–Trinajstić information content (AvgIpc) is 2.90. The van der Waals surface area contributed by atoms with Crippen LogP contribution in [0.25, 0.3) is 21.8 Å². The summed E-state index contributed by atoms with van der Waals surface area (Å²) < 4.78 is 0. The molecule has 3 aromatic rings. The van der Waals surface area contributed by atoms with Gasteiger partial charge in [0.2, 0.25) is 11.8 Å². The highest BCUT2D eigenvalue weighted by Gasteiger charge is 2.16. The van der Waals surface area contributed by atoms with E-state index < -0.39 is 0 Å². The van der Waals surface area contributed by atoms with Gasteiger partial charge in [-0.2, -0.15) is 0 Å². The first kappa shape index (κ1) is 24.7. The number of hydrogen-bond acceptors (Lipinski definition) is 5. The number of piperidine rings is 2. The van der Waals surface area contributed by atoms with Crippen molar-refractivity contribution in [3.05, 3.63) is 53.6 Å². The molecule has 3 heterocycles. The monoisotopic (exact) mass is 487 g/mol. The summed E-state index contributed by atoms with van der Waals surface area (Å²) in [4.78, 5) is 34.6. The molecule has 2 aliphatic rings. The quantitative estimate of drug-likeness (QED) is 0.475. The Hall–Kier alpha value is -3.03. The van der Waals surface area contributed by atoms with Crippen molar-refractivity contribution in [1.82, 2.24) is 25.4 Å². The number of nitrogens with one attached hydrogen (secondary N) is 2. The van der Waals surface area contributed by atoms with Gasteiger partial charge in [0.05, 0.1) is 24.1 Å². The number of hydrogen-bond donors (Lipinski definition) is 2. The first-order valence-electron chi connectivity index (χ1n) is 13.4. The van der Waals surface area contributed by atoms with Gasteiger partial charge in [-0.1, -0.05) is 49.2 Å². The zero-order valence-electron chi connectivity index (χ0n) is 21.1. The first-order chi connectivity index (χ1) is 17.7. The minimum absolute atomic E-state index is 0.0619. The molecule has 2 saturated heterocycles. The molecule has 0 bridgehead atoms. The summed E-state index contributed by atoms with van der Waals surface area (Å²) in [7, 11) is 0. The number of amides is 2. The Morgan fingerprint density at radius 3 is 1.56 bits per heavy atom. The molecule has 2 N–H and O–H groups in total. The Bertz CT molecular complexity index is 1120. The van der Waals surface area contributed by atoms with Crippen LogP contribution >= 0.6 is 0 Å². The molecule has 1 aromatic heterocycles. The van der Waals surface area contributed by atoms with E-state index in [9.17, 15) is 9.59 Å². The van der Waals surface area contributed by atoms with Crippen LogP contribution in [0.15, 0.2) is 42.5 Å². The van der Waals surface area contributed by atoms with E-state index >= 15 is 0 Å². The number of pyridine rings is 1. The average molecular weight is 488 g/mol. The van der Waals surface area contributed by atoms with Crippen LogP contribution in [0.4, 0.5) is 0 Å². The van der Waals surface area contributed by atoms with E-state index in [-0.39, 0.29) is 11.8 Å². The first-order valence-corrected chi connectivity index (χ1v) is 13.4. The number of carbonyl (C=O) groups excluding carboxylic acids is 2. The number of aromatic nitrogens is 1. The van der Waals surface area contributed by atoms with E-state index in [1.165, 1.54) is 38.5 Å². The third-order valence-corrected chi connectivity index (χ3v) is 7.42. The fraction of sp³-hybridized carbons (Fsp3) is 0.483. The van der Waals surface area contributed by atoms with Crippen molar-refractivity contribution in [2.75, 3.05) is 39.3 Å². The number of fused-ring (bicyclic) bond motifs is 2. The van der Waals surface area contributed by atoms with Crippen LogP contribution < -0.4 is 10.6 Å².